The molecule has 0 amide bonds. The molecule has 4 nitrogen and oxygen atoms in total. The van der Waals surface area contributed by atoms with Crippen LogP contribution in [-0.2, 0) is 13.1 Å². The lowest BCUT2D eigenvalue weighted by Crippen LogP contribution is -2.15. The number of azo groups is 1. The number of hydrogen-bond donors (Lipinski definition) is 0. The van der Waals surface area contributed by atoms with Crippen LogP contribution in [0.2, 0.25) is 0 Å². The van der Waals surface area contributed by atoms with Gasteiger partial charge in [0.05, 0.1) is 11.4 Å². The molecule has 1 aliphatic rings. The van der Waals surface area contributed by atoms with Crippen LogP contribution in [0.4, 0.5) is 17.1 Å². The van der Waals surface area contributed by atoms with Crippen LogP contribution in [0.5, 0.6) is 0 Å². The molecule has 0 atom stereocenters. The number of fused-ring (bicyclic) bond motifs is 1. The second-order valence-electron chi connectivity index (χ2n) is 7.35. The van der Waals surface area contributed by atoms with Gasteiger partial charge in [-0.15, -0.1) is 0 Å². The van der Waals surface area contributed by atoms with E-state index in [0.717, 1.165) is 30.0 Å². The van der Waals surface area contributed by atoms with E-state index in [-0.39, 0.29) is 5.78 Å². The van der Waals surface area contributed by atoms with Crippen molar-refractivity contribution >= 4 is 22.8 Å². The summed E-state index contributed by atoms with van der Waals surface area (Å²) in [5.41, 5.74) is 8.63. The fourth-order valence-corrected chi connectivity index (χ4v) is 3.61. The molecule has 0 saturated carbocycles. The maximum atomic E-state index is 11.4. The zero-order chi connectivity index (χ0) is 19.7. The third-order valence-corrected chi connectivity index (χ3v) is 5.24. The molecular formula is C24H23N3O. The number of rotatable bonds is 4. The van der Waals surface area contributed by atoms with E-state index in [1.165, 1.54) is 22.4 Å². The lowest BCUT2D eigenvalue weighted by atomic mass is 10.1. The Kier molecular flexibility index (Phi) is 4.78. The predicted molar refractivity (Wildman–Crippen MR) is 113 cm³/mol. The third kappa shape index (κ3) is 3.58. The summed E-state index contributed by atoms with van der Waals surface area (Å²) >= 11 is 0. The largest absolute Gasteiger partial charge is 0.363 e. The molecule has 28 heavy (non-hydrogen) atoms. The monoisotopic (exact) mass is 369 g/mol. The summed E-state index contributed by atoms with van der Waals surface area (Å²) in [5.74, 6) is 0.0506. The predicted octanol–water partition coefficient (Wildman–Crippen LogP) is 6.44. The first-order valence-corrected chi connectivity index (χ1v) is 9.47. The smallest absolute Gasteiger partial charge is 0.159 e. The van der Waals surface area contributed by atoms with Crippen molar-refractivity contribution in [3.63, 3.8) is 0 Å². The molecule has 1 heterocycles. The SMILES string of the molecule is CC(=O)c1ccc(N=Nc2cc(C)c(N3Cc4ccccc4C3)cc2C)cc1. The standard InChI is InChI=1S/C24H23N3O/c1-16-13-24(27-14-20-6-4-5-7-21(20)15-27)17(2)12-23(16)26-25-22-10-8-19(9-11-22)18(3)28/h4-13H,14-15H2,1-3H3. The number of carbonyl (C=O) groups is 1. The fourth-order valence-electron chi connectivity index (χ4n) is 3.61. The molecule has 0 unspecified atom stereocenters. The number of ketones is 1. The molecule has 0 spiro atoms. The van der Waals surface area contributed by atoms with Crippen LogP contribution < -0.4 is 4.90 Å². The van der Waals surface area contributed by atoms with E-state index in [2.05, 4.69) is 65.4 Å². The molecule has 0 bridgehead atoms. The molecule has 1 aliphatic heterocycles. The van der Waals surface area contributed by atoms with Gasteiger partial charge in [-0.2, -0.15) is 10.2 Å². The van der Waals surface area contributed by atoms with Crippen molar-refractivity contribution in [2.75, 3.05) is 4.90 Å². The molecular weight excluding hydrogens is 346 g/mol. The summed E-state index contributed by atoms with van der Waals surface area (Å²) in [4.78, 5) is 13.8. The average Bonchev–Trinajstić information content (AvgIpc) is 3.12. The number of benzene rings is 3. The van der Waals surface area contributed by atoms with Crippen LogP contribution in [0.15, 0.2) is 70.9 Å². The minimum atomic E-state index is 0.0506. The van der Waals surface area contributed by atoms with Gasteiger partial charge in [0.25, 0.3) is 0 Å². The molecule has 0 saturated heterocycles. The summed E-state index contributed by atoms with van der Waals surface area (Å²) in [6, 6.07) is 20.1. The van der Waals surface area contributed by atoms with E-state index < -0.39 is 0 Å². The van der Waals surface area contributed by atoms with E-state index >= 15 is 0 Å². The second kappa shape index (κ2) is 7.39. The number of carbonyl (C=O) groups excluding carboxylic acids is 1. The van der Waals surface area contributed by atoms with Crippen molar-refractivity contribution in [1.82, 2.24) is 0 Å². The van der Waals surface area contributed by atoms with Crippen molar-refractivity contribution in [3.05, 3.63) is 88.5 Å². The first kappa shape index (κ1) is 18.1. The van der Waals surface area contributed by atoms with Crippen molar-refractivity contribution in [1.29, 1.82) is 0 Å². The van der Waals surface area contributed by atoms with Crippen molar-refractivity contribution in [2.45, 2.75) is 33.9 Å². The van der Waals surface area contributed by atoms with Crippen LogP contribution in [0.3, 0.4) is 0 Å². The molecule has 3 aromatic rings. The lowest BCUT2D eigenvalue weighted by Gasteiger charge is -2.21. The van der Waals surface area contributed by atoms with Gasteiger partial charge in [0, 0.05) is 24.3 Å². The zero-order valence-electron chi connectivity index (χ0n) is 16.4. The van der Waals surface area contributed by atoms with Gasteiger partial charge in [0.1, 0.15) is 0 Å². The van der Waals surface area contributed by atoms with Crippen LogP contribution in [0, 0.1) is 13.8 Å². The van der Waals surface area contributed by atoms with E-state index in [1.54, 1.807) is 19.1 Å². The zero-order valence-corrected chi connectivity index (χ0v) is 16.4. The quantitative estimate of drug-likeness (QED) is 0.392. The first-order chi connectivity index (χ1) is 13.5. The van der Waals surface area contributed by atoms with E-state index in [4.69, 9.17) is 0 Å². The third-order valence-electron chi connectivity index (χ3n) is 5.24. The number of hydrogen-bond acceptors (Lipinski definition) is 4. The lowest BCUT2D eigenvalue weighted by molar-refractivity contribution is 0.101. The Balaban J connectivity index is 1.55. The van der Waals surface area contributed by atoms with Crippen LogP contribution >= 0.6 is 0 Å². The van der Waals surface area contributed by atoms with Crippen molar-refractivity contribution < 1.29 is 4.79 Å². The molecule has 0 radical (unpaired) electrons. The van der Waals surface area contributed by atoms with E-state index in [0.29, 0.717) is 5.56 Å². The maximum Gasteiger partial charge on any atom is 0.159 e. The molecule has 4 heteroatoms. The summed E-state index contributed by atoms with van der Waals surface area (Å²) < 4.78 is 0. The summed E-state index contributed by atoms with van der Waals surface area (Å²) in [5, 5.41) is 8.78. The molecule has 0 N–H and O–H groups in total. The first-order valence-electron chi connectivity index (χ1n) is 9.47. The van der Waals surface area contributed by atoms with Gasteiger partial charge in [-0.1, -0.05) is 24.3 Å². The Morgan fingerprint density at radius 3 is 2.11 bits per heavy atom. The summed E-state index contributed by atoms with van der Waals surface area (Å²) in [6.07, 6.45) is 0. The molecule has 0 aromatic heterocycles. The van der Waals surface area contributed by atoms with Crippen molar-refractivity contribution in [2.24, 2.45) is 10.2 Å². The number of aryl methyl sites for hydroxylation is 2. The molecule has 140 valence electrons. The Hall–Kier alpha value is -3.27. The van der Waals surface area contributed by atoms with Gasteiger partial charge in [-0.25, -0.2) is 0 Å². The average molecular weight is 369 g/mol. The molecule has 0 fully saturated rings. The molecule has 0 aliphatic carbocycles. The number of nitrogens with zero attached hydrogens (tertiary/aromatic N) is 3. The van der Waals surface area contributed by atoms with Gasteiger partial charge < -0.3 is 4.90 Å². The maximum absolute atomic E-state index is 11.4. The Morgan fingerprint density at radius 2 is 1.50 bits per heavy atom. The highest BCUT2D eigenvalue weighted by Crippen LogP contribution is 2.34. The van der Waals surface area contributed by atoms with E-state index in [1.807, 2.05) is 12.1 Å². The van der Waals surface area contributed by atoms with E-state index in [9.17, 15) is 4.79 Å². The van der Waals surface area contributed by atoms with Crippen molar-refractivity contribution in [3.8, 4) is 0 Å². The van der Waals surface area contributed by atoms with Gasteiger partial charge in [-0.05, 0) is 79.4 Å². The molecule has 4 rings (SSSR count). The Labute approximate surface area is 165 Å². The Morgan fingerprint density at radius 1 is 0.857 bits per heavy atom. The molecule has 3 aromatic carbocycles. The van der Waals surface area contributed by atoms with Gasteiger partial charge in [0.2, 0.25) is 0 Å². The topological polar surface area (TPSA) is 45.0 Å². The Bertz CT molecular complexity index is 1040. The fraction of sp³-hybridized carbons (Fsp3) is 0.208. The normalized spacial score (nSPS) is 13.2. The minimum absolute atomic E-state index is 0.0506. The van der Waals surface area contributed by atoms with Crippen LogP contribution in [0.25, 0.3) is 0 Å². The highest BCUT2D eigenvalue weighted by atomic mass is 16.1. The second-order valence-corrected chi connectivity index (χ2v) is 7.35. The highest BCUT2D eigenvalue weighted by Gasteiger charge is 2.20. The van der Waals surface area contributed by atoms with Crippen LogP contribution in [-0.4, -0.2) is 5.78 Å². The van der Waals surface area contributed by atoms with Gasteiger partial charge in [-0.3, -0.25) is 4.79 Å². The number of Topliss-reactive ketones (excluding diaryl/α,β-unsaturated/α-hetero) is 1. The van der Waals surface area contributed by atoms with Gasteiger partial charge in [0.15, 0.2) is 5.78 Å². The summed E-state index contributed by atoms with van der Waals surface area (Å²) in [7, 11) is 0. The number of anilines is 1. The van der Waals surface area contributed by atoms with Gasteiger partial charge >= 0.3 is 0 Å². The highest BCUT2D eigenvalue weighted by molar-refractivity contribution is 5.94. The minimum Gasteiger partial charge on any atom is -0.363 e. The van der Waals surface area contributed by atoms with Crippen LogP contribution in [0.1, 0.15) is 39.5 Å². The summed E-state index contributed by atoms with van der Waals surface area (Å²) in [6.45, 7) is 7.64.